The topological polar surface area (TPSA) is 56.8 Å². The standard InChI is InChI=1S/C22H18ClNO4/c23-19-4-2-1-3-17(19)13-26-18-8-6-16(7-9-18)22(25)24-12-15-5-10-20-21(11-15)28-14-27-20/h1-11H,12-14H2,(H,24,25). The number of ether oxygens (including phenoxy) is 3. The minimum absolute atomic E-state index is 0.157. The van der Waals surface area contributed by atoms with E-state index in [0.29, 0.717) is 35.2 Å². The van der Waals surface area contributed by atoms with Gasteiger partial charge in [0.1, 0.15) is 12.4 Å². The lowest BCUT2D eigenvalue weighted by Gasteiger charge is -2.09. The Morgan fingerprint density at radius 3 is 2.61 bits per heavy atom. The molecule has 0 spiro atoms. The lowest BCUT2D eigenvalue weighted by atomic mass is 10.1. The van der Waals surface area contributed by atoms with Gasteiger partial charge in [-0.15, -0.1) is 0 Å². The van der Waals surface area contributed by atoms with Crippen molar-refractivity contribution in [3.05, 3.63) is 88.4 Å². The third-order valence-corrected chi connectivity index (χ3v) is 4.73. The molecule has 28 heavy (non-hydrogen) atoms. The van der Waals surface area contributed by atoms with E-state index in [2.05, 4.69) is 5.32 Å². The molecule has 0 atom stereocenters. The molecule has 0 unspecified atom stereocenters. The van der Waals surface area contributed by atoms with Crippen molar-refractivity contribution in [2.24, 2.45) is 0 Å². The molecular weight excluding hydrogens is 378 g/mol. The van der Waals surface area contributed by atoms with E-state index in [-0.39, 0.29) is 12.7 Å². The molecule has 0 bridgehead atoms. The van der Waals surface area contributed by atoms with Crippen molar-refractivity contribution in [3.8, 4) is 17.2 Å². The summed E-state index contributed by atoms with van der Waals surface area (Å²) in [4.78, 5) is 12.4. The maximum Gasteiger partial charge on any atom is 0.251 e. The minimum atomic E-state index is -0.157. The van der Waals surface area contributed by atoms with Crippen LogP contribution in [-0.2, 0) is 13.2 Å². The number of hydrogen-bond acceptors (Lipinski definition) is 4. The minimum Gasteiger partial charge on any atom is -0.489 e. The number of carbonyl (C=O) groups excluding carboxylic acids is 1. The van der Waals surface area contributed by atoms with Gasteiger partial charge in [-0.05, 0) is 48.0 Å². The molecular formula is C22H18ClNO4. The van der Waals surface area contributed by atoms with E-state index >= 15 is 0 Å². The van der Waals surface area contributed by atoms with Crippen LogP contribution in [0.2, 0.25) is 5.02 Å². The summed E-state index contributed by atoms with van der Waals surface area (Å²) in [6, 6.07) is 20.2. The van der Waals surface area contributed by atoms with Gasteiger partial charge in [0.25, 0.3) is 5.91 Å². The van der Waals surface area contributed by atoms with Crippen LogP contribution in [0.1, 0.15) is 21.5 Å². The van der Waals surface area contributed by atoms with E-state index in [4.69, 9.17) is 25.8 Å². The first-order valence-electron chi connectivity index (χ1n) is 8.82. The molecule has 0 radical (unpaired) electrons. The monoisotopic (exact) mass is 395 g/mol. The van der Waals surface area contributed by atoms with Gasteiger partial charge in [-0.2, -0.15) is 0 Å². The molecule has 6 heteroatoms. The van der Waals surface area contributed by atoms with Crippen molar-refractivity contribution in [1.82, 2.24) is 5.32 Å². The fourth-order valence-corrected chi connectivity index (χ4v) is 3.00. The maximum absolute atomic E-state index is 12.4. The molecule has 0 aliphatic carbocycles. The Kier molecular flexibility index (Phi) is 5.35. The van der Waals surface area contributed by atoms with Gasteiger partial charge >= 0.3 is 0 Å². The number of benzene rings is 3. The predicted molar refractivity (Wildman–Crippen MR) is 106 cm³/mol. The van der Waals surface area contributed by atoms with Gasteiger partial charge in [0.2, 0.25) is 6.79 Å². The number of amides is 1. The van der Waals surface area contributed by atoms with E-state index in [1.165, 1.54) is 0 Å². The van der Waals surface area contributed by atoms with Gasteiger partial charge < -0.3 is 19.5 Å². The largest absolute Gasteiger partial charge is 0.489 e. The van der Waals surface area contributed by atoms with Crippen LogP contribution in [0.4, 0.5) is 0 Å². The number of fused-ring (bicyclic) bond motifs is 1. The Morgan fingerprint density at radius 2 is 1.79 bits per heavy atom. The highest BCUT2D eigenvalue weighted by atomic mass is 35.5. The average molecular weight is 396 g/mol. The van der Waals surface area contributed by atoms with E-state index in [0.717, 1.165) is 16.9 Å². The summed E-state index contributed by atoms with van der Waals surface area (Å²) < 4.78 is 16.4. The summed E-state index contributed by atoms with van der Waals surface area (Å²) in [5.74, 6) is 1.94. The SMILES string of the molecule is O=C(NCc1ccc2c(c1)OCO2)c1ccc(OCc2ccccc2Cl)cc1. The summed E-state index contributed by atoms with van der Waals surface area (Å²) in [7, 11) is 0. The number of nitrogens with one attached hydrogen (secondary N) is 1. The maximum atomic E-state index is 12.4. The number of carbonyl (C=O) groups is 1. The summed E-state index contributed by atoms with van der Waals surface area (Å²) >= 11 is 6.13. The van der Waals surface area contributed by atoms with Crippen molar-refractivity contribution in [1.29, 1.82) is 0 Å². The second-order valence-corrected chi connectivity index (χ2v) is 6.68. The highest BCUT2D eigenvalue weighted by Gasteiger charge is 2.13. The van der Waals surface area contributed by atoms with Crippen molar-refractivity contribution in [2.75, 3.05) is 6.79 Å². The van der Waals surface area contributed by atoms with Gasteiger partial charge in [-0.25, -0.2) is 0 Å². The number of hydrogen-bond donors (Lipinski definition) is 1. The Bertz CT molecular complexity index is 988. The van der Waals surface area contributed by atoms with Crippen LogP contribution < -0.4 is 19.5 Å². The molecule has 1 aliphatic heterocycles. The van der Waals surface area contributed by atoms with Crippen LogP contribution in [0.15, 0.2) is 66.7 Å². The second kappa shape index (κ2) is 8.23. The highest BCUT2D eigenvalue weighted by molar-refractivity contribution is 6.31. The first-order valence-corrected chi connectivity index (χ1v) is 9.20. The van der Waals surface area contributed by atoms with Gasteiger partial charge in [-0.3, -0.25) is 4.79 Å². The fourth-order valence-electron chi connectivity index (χ4n) is 2.81. The van der Waals surface area contributed by atoms with Gasteiger partial charge in [-0.1, -0.05) is 35.9 Å². The fraction of sp³-hybridized carbons (Fsp3) is 0.136. The first kappa shape index (κ1) is 18.2. The summed E-state index contributed by atoms with van der Waals surface area (Å²) in [5, 5.41) is 3.57. The quantitative estimate of drug-likeness (QED) is 0.663. The van der Waals surface area contributed by atoms with E-state index in [9.17, 15) is 4.79 Å². The normalized spacial score (nSPS) is 11.9. The lowest BCUT2D eigenvalue weighted by molar-refractivity contribution is 0.0950. The van der Waals surface area contributed by atoms with Crippen molar-refractivity contribution in [3.63, 3.8) is 0 Å². The van der Waals surface area contributed by atoms with Crippen LogP contribution in [0, 0.1) is 0 Å². The Hall–Kier alpha value is -3.18. The summed E-state index contributed by atoms with van der Waals surface area (Å²) in [6.07, 6.45) is 0. The van der Waals surface area contributed by atoms with E-state index in [1.807, 2.05) is 42.5 Å². The van der Waals surface area contributed by atoms with Gasteiger partial charge in [0.05, 0.1) is 0 Å². The Morgan fingerprint density at radius 1 is 1.00 bits per heavy atom. The molecule has 3 aromatic rings. The highest BCUT2D eigenvalue weighted by Crippen LogP contribution is 2.32. The Labute approximate surface area is 167 Å². The van der Waals surface area contributed by atoms with Crippen molar-refractivity contribution >= 4 is 17.5 Å². The molecule has 1 aliphatic rings. The van der Waals surface area contributed by atoms with E-state index < -0.39 is 0 Å². The van der Waals surface area contributed by atoms with E-state index in [1.54, 1.807) is 24.3 Å². The third kappa shape index (κ3) is 4.21. The average Bonchev–Trinajstić information content (AvgIpc) is 3.20. The van der Waals surface area contributed by atoms with Crippen LogP contribution >= 0.6 is 11.6 Å². The van der Waals surface area contributed by atoms with Crippen LogP contribution in [0.25, 0.3) is 0 Å². The van der Waals surface area contributed by atoms with Crippen molar-refractivity contribution < 1.29 is 19.0 Å². The molecule has 0 saturated heterocycles. The van der Waals surface area contributed by atoms with Gasteiger partial charge in [0, 0.05) is 22.7 Å². The van der Waals surface area contributed by atoms with Crippen LogP contribution in [0.5, 0.6) is 17.2 Å². The second-order valence-electron chi connectivity index (χ2n) is 6.27. The van der Waals surface area contributed by atoms with Gasteiger partial charge in [0.15, 0.2) is 11.5 Å². The molecule has 0 saturated carbocycles. The molecule has 4 rings (SSSR count). The Balaban J connectivity index is 1.32. The molecule has 1 heterocycles. The zero-order valence-electron chi connectivity index (χ0n) is 15.0. The molecule has 0 fully saturated rings. The smallest absolute Gasteiger partial charge is 0.251 e. The predicted octanol–water partition coefficient (Wildman–Crippen LogP) is 4.58. The molecule has 142 valence electrons. The number of halogens is 1. The van der Waals surface area contributed by atoms with Crippen LogP contribution in [0.3, 0.4) is 0 Å². The molecule has 1 N–H and O–H groups in total. The first-order chi connectivity index (χ1) is 13.7. The molecule has 1 amide bonds. The molecule has 0 aromatic heterocycles. The summed E-state index contributed by atoms with van der Waals surface area (Å²) in [6.45, 7) is 1.01. The zero-order valence-corrected chi connectivity index (χ0v) is 15.7. The lowest BCUT2D eigenvalue weighted by Crippen LogP contribution is -2.22. The summed E-state index contributed by atoms with van der Waals surface area (Å²) in [5.41, 5.74) is 2.41. The molecule has 5 nitrogen and oxygen atoms in total. The number of rotatable bonds is 6. The molecule has 3 aromatic carbocycles. The third-order valence-electron chi connectivity index (χ3n) is 4.36. The van der Waals surface area contributed by atoms with Crippen molar-refractivity contribution in [2.45, 2.75) is 13.2 Å². The van der Waals surface area contributed by atoms with Crippen LogP contribution in [-0.4, -0.2) is 12.7 Å². The zero-order chi connectivity index (χ0) is 19.3.